The monoisotopic (exact) mass is 353 g/mol. The van der Waals surface area contributed by atoms with E-state index < -0.39 is 9.84 Å². The molecule has 1 aliphatic heterocycles. The minimum Gasteiger partial charge on any atom is -0.356 e. The van der Waals surface area contributed by atoms with E-state index in [9.17, 15) is 13.2 Å². The lowest BCUT2D eigenvalue weighted by molar-refractivity contribution is -0.116. The van der Waals surface area contributed by atoms with E-state index in [0.29, 0.717) is 24.7 Å². The molecule has 1 aromatic heterocycles. The van der Waals surface area contributed by atoms with Gasteiger partial charge in [-0.3, -0.25) is 9.79 Å². The number of carbonyl (C=O) groups excluding carboxylic acids is 1. The number of hydrogen-bond donors (Lipinski definition) is 3. The first kappa shape index (κ1) is 18.2. The fraction of sp³-hybridized carbons (Fsp3) is 0.533. The van der Waals surface area contributed by atoms with Crippen molar-refractivity contribution in [2.45, 2.75) is 25.8 Å². The van der Waals surface area contributed by atoms with Gasteiger partial charge in [0.05, 0.1) is 11.5 Å². The highest BCUT2D eigenvalue weighted by Gasteiger charge is 2.28. The normalized spacial score (nSPS) is 19.8. The predicted molar refractivity (Wildman–Crippen MR) is 93.8 cm³/mol. The van der Waals surface area contributed by atoms with Gasteiger partial charge in [-0.05, 0) is 25.5 Å². The molecule has 132 valence electrons. The molecule has 1 atom stereocenters. The van der Waals surface area contributed by atoms with E-state index in [1.54, 1.807) is 13.1 Å². The van der Waals surface area contributed by atoms with E-state index in [4.69, 9.17) is 0 Å². The standard InChI is InChI=1S/C15H23N5O3S/c1-11-4-3-5-13(18-11)20-14(21)6-8-17-15(16-2)19-12-7-9-24(22,23)10-12/h3-5,12H,6-10H2,1-2H3,(H2,16,17,19)(H,18,20,21). The van der Waals surface area contributed by atoms with Gasteiger partial charge in [0, 0.05) is 31.7 Å². The molecule has 2 rings (SSSR count). The Bertz CT molecular complexity index is 718. The Morgan fingerprint density at radius 2 is 2.21 bits per heavy atom. The van der Waals surface area contributed by atoms with Gasteiger partial charge in [0.25, 0.3) is 0 Å². The van der Waals surface area contributed by atoms with E-state index in [1.165, 1.54) is 0 Å². The summed E-state index contributed by atoms with van der Waals surface area (Å²) in [6.45, 7) is 2.24. The summed E-state index contributed by atoms with van der Waals surface area (Å²) in [6.07, 6.45) is 0.821. The first-order valence-electron chi connectivity index (χ1n) is 7.79. The minimum atomic E-state index is -2.94. The van der Waals surface area contributed by atoms with E-state index in [2.05, 4.69) is 25.9 Å². The number of nitrogens with one attached hydrogen (secondary N) is 3. The van der Waals surface area contributed by atoms with Gasteiger partial charge >= 0.3 is 0 Å². The summed E-state index contributed by atoms with van der Waals surface area (Å²) in [5.41, 5.74) is 0.835. The lowest BCUT2D eigenvalue weighted by Crippen LogP contribution is -2.44. The Morgan fingerprint density at radius 1 is 1.42 bits per heavy atom. The number of aliphatic imine (C=N–C) groups is 1. The first-order chi connectivity index (χ1) is 11.4. The Balaban J connectivity index is 1.73. The van der Waals surface area contributed by atoms with Crippen LogP contribution in [0.1, 0.15) is 18.5 Å². The lowest BCUT2D eigenvalue weighted by Gasteiger charge is -2.15. The molecule has 9 heteroatoms. The van der Waals surface area contributed by atoms with Crippen molar-refractivity contribution < 1.29 is 13.2 Å². The topological polar surface area (TPSA) is 113 Å². The highest BCUT2D eigenvalue weighted by Crippen LogP contribution is 2.10. The van der Waals surface area contributed by atoms with Gasteiger partial charge < -0.3 is 16.0 Å². The zero-order valence-corrected chi connectivity index (χ0v) is 14.7. The van der Waals surface area contributed by atoms with Crippen molar-refractivity contribution in [1.82, 2.24) is 15.6 Å². The Labute approximate surface area is 142 Å². The molecule has 0 bridgehead atoms. The number of pyridine rings is 1. The number of anilines is 1. The Morgan fingerprint density at radius 3 is 2.83 bits per heavy atom. The van der Waals surface area contributed by atoms with Gasteiger partial charge in [-0.1, -0.05) is 6.07 Å². The zero-order chi connectivity index (χ0) is 17.6. The number of amides is 1. The van der Waals surface area contributed by atoms with Crippen LogP contribution >= 0.6 is 0 Å². The summed E-state index contributed by atoms with van der Waals surface area (Å²) >= 11 is 0. The Kier molecular flexibility index (Phi) is 6.13. The number of guanidine groups is 1. The van der Waals surface area contributed by atoms with E-state index >= 15 is 0 Å². The van der Waals surface area contributed by atoms with Crippen molar-refractivity contribution in [2.75, 3.05) is 30.4 Å². The number of nitrogens with zero attached hydrogens (tertiary/aromatic N) is 2. The van der Waals surface area contributed by atoms with Gasteiger partial charge in [-0.15, -0.1) is 0 Å². The third-order valence-electron chi connectivity index (χ3n) is 3.60. The van der Waals surface area contributed by atoms with E-state index in [-0.39, 0.29) is 29.9 Å². The number of rotatable bonds is 5. The second kappa shape index (κ2) is 8.09. The highest BCUT2D eigenvalue weighted by molar-refractivity contribution is 7.91. The van der Waals surface area contributed by atoms with Crippen LogP contribution in [0.3, 0.4) is 0 Å². The van der Waals surface area contributed by atoms with E-state index in [1.807, 2.05) is 19.1 Å². The van der Waals surface area contributed by atoms with Crippen molar-refractivity contribution in [3.63, 3.8) is 0 Å². The molecule has 8 nitrogen and oxygen atoms in total. The molecule has 1 aliphatic rings. The molecule has 0 saturated carbocycles. The second-order valence-corrected chi connectivity index (χ2v) is 7.93. The van der Waals surface area contributed by atoms with Gasteiger partial charge in [0.15, 0.2) is 15.8 Å². The molecular formula is C15H23N5O3S. The van der Waals surface area contributed by atoms with Gasteiger partial charge in [0.1, 0.15) is 5.82 Å². The second-order valence-electron chi connectivity index (χ2n) is 5.71. The number of carbonyl (C=O) groups is 1. The summed E-state index contributed by atoms with van der Waals surface area (Å²) in [7, 11) is -1.33. The van der Waals surface area contributed by atoms with Gasteiger partial charge in [0.2, 0.25) is 5.91 Å². The predicted octanol–water partition coefficient (Wildman–Crippen LogP) is 0.0707. The Hall–Kier alpha value is -2.16. The molecular weight excluding hydrogens is 330 g/mol. The molecule has 0 radical (unpaired) electrons. The molecule has 0 spiro atoms. The summed E-state index contributed by atoms with van der Waals surface area (Å²) in [4.78, 5) is 20.1. The molecule has 1 saturated heterocycles. The molecule has 0 aromatic carbocycles. The SMILES string of the molecule is CN=C(NCCC(=O)Nc1cccc(C)n1)NC1CCS(=O)(=O)C1. The smallest absolute Gasteiger partial charge is 0.227 e. The molecule has 24 heavy (non-hydrogen) atoms. The molecule has 1 fully saturated rings. The average molecular weight is 353 g/mol. The van der Waals surface area contributed by atoms with Crippen LogP contribution < -0.4 is 16.0 Å². The number of hydrogen-bond acceptors (Lipinski definition) is 5. The molecule has 1 unspecified atom stereocenters. The van der Waals surface area contributed by atoms with Gasteiger partial charge in [-0.2, -0.15) is 0 Å². The largest absolute Gasteiger partial charge is 0.356 e. The van der Waals surface area contributed by atoms with Crippen LogP contribution in [0.5, 0.6) is 0 Å². The van der Waals surface area contributed by atoms with Crippen molar-refractivity contribution in [3.8, 4) is 0 Å². The van der Waals surface area contributed by atoms with Crippen LogP contribution in [0.2, 0.25) is 0 Å². The fourth-order valence-corrected chi connectivity index (χ4v) is 4.08. The zero-order valence-electron chi connectivity index (χ0n) is 13.9. The summed E-state index contributed by atoms with van der Waals surface area (Å²) in [5, 5.41) is 8.81. The van der Waals surface area contributed by atoms with Crippen molar-refractivity contribution >= 4 is 27.5 Å². The molecule has 0 aliphatic carbocycles. The van der Waals surface area contributed by atoms with Crippen molar-refractivity contribution in [3.05, 3.63) is 23.9 Å². The maximum atomic E-state index is 11.9. The summed E-state index contributed by atoms with van der Waals surface area (Å²) in [6, 6.07) is 5.29. The molecule has 1 amide bonds. The quantitative estimate of drug-likeness (QED) is 0.510. The number of sulfone groups is 1. The van der Waals surface area contributed by atoms with Crippen LogP contribution in [0.15, 0.2) is 23.2 Å². The van der Waals surface area contributed by atoms with Crippen LogP contribution in [0, 0.1) is 6.92 Å². The summed E-state index contributed by atoms with van der Waals surface area (Å²) in [5.74, 6) is 1.19. The van der Waals surface area contributed by atoms with Crippen LogP contribution in [-0.4, -0.2) is 56.4 Å². The maximum Gasteiger partial charge on any atom is 0.227 e. The van der Waals surface area contributed by atoms with Crippen LogP contribution in [0.25, 0.3) is 0 Å². The number of aromatic nitrogens is 1. The third kappa shape index (κ3) is 5.80. The lowest BCUT2D eigenvalue weighted by atomic mass is 10.3. The maximum absolute atomic E-state index is 11.9. The molecule has 2 heterocycles. The van der Waals surface area contributed by atoms with E-state index in [0.717, 1.165) is 5.69 Å². The highest BCUT2D eigenvalue weighted by atomic mass is 32.2. The number of aryl methyl sites for hydroxylation is 1. The van der Waals surface area contributed by atoms with Crippen molar-refractivity contribution in [2.24, 2.45) is 4.99 Å². The summed E-state index contributed by atoms with van der Waals surface area (Å²) < 4.78 is 22.9. The van der Waals surface area contributed by atoms with Gasteiger partial charge in [-0.25, -0.2) is 13.4 Å². The van der Waals surface area contributed by atoms with Crippen LogP contribution in [0.4, 0.5) is 5.82 Å². The minimum absolute atomic E-state index is 0.118. The molecule has 3 N–H and O–H groups in total. The first-order valence-corrected chi connectivity index (χ1v) is 9.61. The average Bonchev–Trinajstić information content (AvgIpc) is 2.85. The van der Waals surface area contributed by atoms with Crippen LogP contribution in [-0.2, 0) is 14.6 Å². The molecule has 1 aromatic rings. The fourth-order valence-electron chi connectivity index (χ4n) is 2.41. The third-order valence-corrected chi connectivity index (χ3v) is 5.37. The van der Waals surface area contributed by atoms with Crippen molar-refractivity contribution in [1.29, 1.82) is 0 Å².